The van der Waals surface area contributed by atoms with E-state index >= 15 is 0 Å². The number of fused-ring (bicyclic) bond motifs is 1. The van der Waals surface area contributed by atoms with Crippen LogP contribution >= 0.6 is 0 Å². The first-order valence-corrected chi connectivity index (χ1v) is 5.69. The predicted octanol–water partition coefficient (Wildman–Crippen LogP) is 0.141. The van der Waals surface area contributed by atoms with E-state index in [1.165, 1.54) is 6.20 Å². The van der Waals surface area contributed by atoms with Gasteiger partial charge in [0, 0.05) is 12.7 Å². The highest BCUT2D eigenvalue weighted by Crippen LogP contribution is 2.23. The van der Waals surface area contributed by atoms with E-state index in [0.29, 0.717) is 5.75 Å². The van der Waals surface area contributed by atoms with Crippen molar-refractivity contribution in [3.8, 4) is 5.75 Å². The highest BCUT2D eigenvalue weighted by molar-refractivity contribution is 7.89. The summed E-state index contributed by atoms with van der Waals surface area (Å²) in [6, 6.07) is 3.25. The molecule has 0 aromatic carbocycles. The molecule has 0 spiro atoms. The molecule has 0 unspecified atom stereocenters. The van der Waals surface area contributed by atoms with E-state index in [0.717, 1.165) is 0 Å². The first-order valence-electron chi connectivity index (χ1n) is 4.21. The number of pyridine rings is 1. The second-order valence-corrected chi connectivity index (χ2v) is 4.77. The Hall–Kier alpha value is -1.14. The Balaban J connectivity index is 2.58. The number of rotatable bonds is 0. The van der Waals surface area contributed by atoms with E-state index in [9.17, 15) is 8.42 Å². The number of aromatic nitrogens is 1. The Morgan fingerprint density at radius 2 is 2.43 bits per heavy atom. The van der Waals surface area contributed by atoms with Crippen LogP contribution < -0.4 is 9.46 Å². The lowest BCUT2D eigenvalue weighted by molar-refractivity contribution is 0.223. The molecule has 0 bridgehead atoms. The lowest BCUT2D eigenvalue weighted by Crippen LogP contribution is -2.30. The molecule has 0 radical (unpaired) electrons. The van der Waals surface area contributed by atoms with Crippen molar-refractivity contribution < 1.29 is 13.2 Å². The lowest BCUT2D eigenvalue weighted by atomic mass is 10.4. The number of nitrogens with one attached hydrogen (secondary N) is 1. The van der Waals surface area contributed by atoms with Crippen LogP contribution in [-0.2, 0) is 10.0 Å². The third-order valence-corrected chi connectivity index (χ3v) is 3.24. The lowest BCUT2D eigenvalue weighted by Gasteiger charge is -2.09. The van der Waals surface area contributed by atoms with Crippen LogP contribution in [0.2, 0.25) is 0 Å². The van der Waals surface area contributed by atoms with Gasteiger partial charge in [-0.15, -0.1) is 0 Å². The summed E-state index contributed by atoms with van der Waals surface area (Å²) in [5.41, 5.74) is 0. The van der Waals surface area contributed by atoms with Crippen LogP contribution in [0.15, 0.2) is 23.4 Å². The minimum Gasteiger partial charge on any atom is -0.486 e. The van der Waals surface area contributed by atoms with Crippen molar-refractivity contribution in [2.75, 3.05) is 6.54 Å². The number of nitrogens with zero attached hydrogens (tertiary/aromatic N) is 1. The SMILES string of the molecule is C[C@@H]1CNS(=O)(=O)c2ncccc2O1. The quantitative estimate of drug-likeness (QED) is 0.667. The molecule has 1 N–H and O–H groups in total. The molecule has 0 saturated carbocycles. The van der Waals surface area contributed by atoms with Crippen LogP contribution in [0.1, 0.15) is 6.92 Å². The molecule has 1 aromatic rings. The fourth-order valence-corrected chi connectivity index (χ4v) is 2.39. The van der Waals surface area contributed by atoms with E-state index in [-0.39, 0.29) is 17.7 Å². The Labute approximate surface area is 82.2 Å². The van der Waals surface area contributed by atoms with Crippen LogP contribution in [0.4, 0.5) is 0 Å². The summed E-state index contributed by atoms with van der Waals surface area (Å²) in [6.07, 6.45) is 1.24. The molecule has 0 fully saturated rings. The van der Waals surface area contributed by atoms with Gasteiger partial charge >= 0.3 is 0 Å². The number of sulfonamides is 1. The molecule has 2 rings (SSSR count). The molecule has 76 valence electrons. The molecule has 1 atom stereocenters. The Bertz CT molecular complexity index is 444. The van der Waals surface area contributed by atoms with Gasteiger partial charge in [0.05, 0.1) is 0 Å². The van der Waals surface area contributed by atoms with Crippen LogP contribution in [0, 0.1) is 0 Å². The average Bonchev–Trinajstić information content (AvgIpc) is 2.25. The highest BCUT2D eigenvalue weighted by Gasteiger charge is 2.26. The maximum absolute atomic E-state index is 11.6. The van der Waals surface area contributed by atoms with Gasteiger partial charge in [-0.2, -0.15) is 0 Å². The highest BCUT2D eigenvalue weighted by atomic mass is 32.2. The average molecular weight is 214 g/mol. The van der Waals surface area contributed by atoms with Crippen LogP contribution in [0.3, 0.4) is 0 Å². The van der Waals surface area contributed by atoms with E-state index in [1.54, 1.807) is 19.1 Å². The maximum atomic E-state index is 11.6. The molecule has 5 nitrogen and oxygen atoms in total. The van der Waals surface area contributed by atoms with E-state index in [1.807, 2.05) is 0 Å². The Kier molecular flexibility index (Phi) is 2.16. The van der Waals surface area contributed by atoms with Gasteiger partial charge in [0.15, 0.2) is 5.75 Å². The van der Waals surface area contributed by atoms with Crippen LogP contribution in [-0.4, -0.2) is 26.1 Å². The smallest absolute Gasteiger partial charge is 0.261 e. The largest absolute Gasteiger partial charge is 0.486 e. The standard InChI is InChI=1S/C8H10N2O3S/c1-6-5-10-14(11,12)8-7(13-6)3-2-4-9-8/h2-4,6,10H,5H2,1H3/t6-/m1/s1. The summed E-state index contributed by atoms with van der Waals surface area (Å²) in [6.45, 7) is 2.06. The van der Waals surface area contributed by atoms with Gasteiger partial charge in [0.1, 0.15) is 6.10 Å². The molecule has 14 heavy (non-hydrogen) atoms. The van der Waals surface area contributed by atoms with E-state index in [4.69, 9.17) is 4.74 Å². The number of hydrogen-bond acceptors (Lipinski definition) is 4. The van der Waals surface area contributed by atoms with Gasteiger partial charge in [0.25, 0.3) is 10.0 Å². The van der Waals surface area contributed by atoms with Crippen molar-refractivity contribution in [2.45, 2.75) is 18.1 Å². The number of ether oxygens (including phenoxy) is 1. The zero-order chi connectivity index (χ0) is 10.2. The van der Waals surface area contributed by atoms with Gasteiger partial charge in [-0.3, -0.25) is 0 Å². The minimum atomic E-state index is -3.50. The fourth-order valence-electron chi connectivity index (χ4n) is 1.22. The van der Waals surface area contributed by atoms with Crippen molar-refractivity contribution >= 4 is 10.0 Å². The Morgan fingerprint density at radius 1 is 1.64 bits per heavy atom. The zero-order valence-electron chi connectivity index (χ0n) is 7.60. The second-order valence-electron chi connectivity index (χ2n) is 3.09. The van der Waals surface area contributed by atoms with Crippen molar-refractivity contribution in [2.24, 2.45) is 0 Å². The molecule has 1 aliphatic rings. The van der Waals surface area contributed by atoms with Crippen molar-refractivity contribution in [1.82, 2.24) is 9.71 Å². The molecule has 6 heteroatoms. The van der Waals surface area contributed by atoms with E-state index < -0.39 is 10.0 Å². The first-order chi connectivity index (χ1) is 6.59. The second kappa shape index (κ2) is 3.21. The van der Waals surface area contributed by atoms with Gasteiger partial charge in [0.2, 0.25) is 5.03 Å². The normalized spacial score (nSPS) is 24.5. The van der Waals surface area contributed by atoms with Crippen molar-refractivity contribution in [1.29, 1.82) is 0 Å². The van der Waals surface area contributed by atoms with Gasteiger partial charge in [-0.1, -0.05) is 0 Å². The van der Waals surface area contributed by atoms with Crippen molar-refractivity contribution in [3.63, 3.8) is 0 Å². The molecular weight excluding hydrogens is 204 g/mol. The van der Waals surface area contributed by atoms with Gasteiger partial charge < -0.3 is 4.74 Å². The molecule has 1 aliphatic heterocycles. The monoisotopic (exact) mass is 214 g/mol. The molecule has 0 saturated heterocycles. The first kappa shape index (κ1) is 9.42. The molecule has 2 heterocycles. The van der Waals surface area contributed by atoms with Crippen LogP contribution in [0.5, 0.6) is 5.75 Å². The summed E-state index contributed by atoms with van der Waals surface area (Å²) in [5.74, 6) is 0.310. The van der Waals surface area contributed by atoms with Crippen molar-refractivity contribution in [3.05, 3.63) is 18.3 Å². The third kappa shape index (κ3) is 1.58. The summed E-state index contributed by atoms with van der Waals surface area (Å²) in [5, 5.41) is -0.0376. The summed E-state index contributed by atoms with van der Waals surface area (Å²) >= 11 is 0. The topological polar surface area (TPSA) is 68.3 Å². The Morgan fingerprint density at radius 3 is 3.21 bits per heavy atom. The minimum absolute atomic E-state index is 0.0376. The predicted molar refractivity (Wildman–Crippen MR) is 49.5 cm³/mol. The number of hydrogen-bond donors (Lipinski definition) is 1. The molecule has 1 aromatic heterocycles. The maximum Gasteiger partial charge on any atom is 0.261 e. The molecular formula is C8H10N2O3S. The molecule has 0 aliphatic carbocycles. The zero-order valence-corrected chi connectivity index (χ0v) is 8.41. The summed E-state index contributed by atoms with van der Waals surface area (Å²) < 4.78 is 31.0. The molecule has 0 amide bonds. The fraction of sp³-hybridized carbons (Fsp3) is 0.375. The third-order valence-electron chi connectivity index (χ3n) is 1.88. The van der Waals surface area contributed by atoms with Gasteiger partial charge in [-0.05, 0) is 19.1 Å². The van der Waals surface area contributed by atoms with Gasteiger partial charge in [-0.25, -0.2) is 18.1 Å². The van der Waals surface area contributed by atoms with Crippen LogP contribution in [0.25, 0.3) is 0 Å². The van der Waals surface area contributed by atoms with E-state index in [2.05, 4.69) is 9.71 Å². The summed E-state index contributed by atoms with van der Waals surface area (Å²) in [4.78, 5) is 3.79. The summed E-state index contributed by atoms with van der Waals surface area (Å²) in [7, 11) is -3.50.